The molecule has 3 aromatic rings. The van der Waals surface area contributed by atoms with Gasteiger partial charge in [0.05, 0.1) is 10.8 Å². The van der Waals surface area contributed by atoms with E-state index in [9.17, 15) is 13.2 Å². The zero-order valence-corrected chi connectivity index (χ0v) is 19.3. The van der Waals surface area contributed by atoms with Crippen molar-refractivity contribution in [2.45, 2.75) is 24.3 Å². The average Bonchev–Trinajstić information content (AvgIpc) is 2.85. The van der Waals surface area contributed by atoms with Gasteiger partial charge in [-0.15, -0.1) is 0 Å². The molecule has 1 amide bonds. The van der Waals surface area contributed by atoms with Gasteiger partial charge in [0.25, 0.3) is 0 Å². The van der Waals surface area contributed by atoms with E-state index in [4.69, 9.17) is 0 Å². The second-order valence-corrected chi connectivity index (χ2v) is 10.1. The Kier molecular flexibility index (Phi) is 7.00. The molecule has 0 radical (unpaired) electrons. The highest BCUT2D eigenvalue weighted by Gasteiger charge is 2.27. The van der Waals surface area contributed by atoms with E-state index in [1.165, 1.54) is 16.4 Å². The normalized spacial score (nSPS) is 16.5. The zero-order chi connectivity index (χ0) is 23.3. The van der Waals surface area contributed by atoms with Crippen LogP contribution >= 0.6 is 0 Å². The Balaban J connectivity index is 1.38. The number of benzene rings is 2. The third-order valence-electron chi connectivity index (χ3n) is 5.71. The van der Waals surface area contributed by atoms with Crippen LogP contribution in [0.1, 0.15) is 18.4 Å². The molecule has 2 aromatic carbocycles. The SMILES string of the molecule is CN(Cc1ccccc1)S(=O)(=O)c1ccc(NC(=O)[C@@H]2CCCN(c3ncccn3)C2)cc1. The zero-order valence-electron chi connectivity index (χ0n) is 18.5. The number of rotatable bonds is 7. The molecule has 172 valence electrons. The highest BCUT2D eigenvalue weighted by atomic mass is 32.2. The minimum absolute atomic E-state index is 0.0903. The molecule has 2 heterocycles. The average molecular weight is 466 g/mol. The minimum Gasteiger partial charge on any atom is -0.340 e. The maximum atomic E-state index is 12.9. The lowest BCUT2D eigenvalue weighted by molar-refractivity contribution is -0.120. The molecule has 1 aliphatic rings. The Morgan fingerprint density at radius 1 is 1.06 bits per heavy atom. The number of hydrogen-bond acceptors (Lipinski definition) is 6. The van der Waals surface area contributed by atoms with E-state index in [2.05, 4.69) is 15.3 Å². The van der Waals surface area contributed by atoms with E-state index >= 15 is 0 Å². The number of hydrogen-bond donors (Lipinski definition) is 1. The lowest BCUT2D eigenvalue weighted by Gasteiger charge is -2.31. The fourth-order valence-corrected chi connectivity index (χ4v) is 5.05. The van der Waals surface area contributed by atoms with Crippen LogP contribution in [-0.4, -0.2) is 48.7 Å². The van der Waals surface area contributed by atoms with E-state index in [-0.39, 0.29) is 23.3 Å². The quantitative estimate of drug-likeness (QED) is 0.576. The molecule has 0 saturated carbocycles. The maximum absolute atomic E-state index is 12.9. The summed E-state index contributed by atoms with van der Waals surface area (Å²) in [5.74, 6) is 0.347. The number of nitrogens with one attached hydrogen (secondary N) is 1. The van der Waals surface area contributed by atoms with Crippen LogP contribution < -0.4 is 10.2 Å². The minimum atomic E-state index is -3.64. The highest BCUT2D eigenvalue weighted by molar-refractivity contribution is 7.89. The van der Waals surface area contributed by atoms with Crippen LogP contribution in [0.2, 0.25) is 0 Å². The summed E-state index contributed by atoms with van der Waals surface area (Å²) in [6, 6.07) is 17.5. The third-order valence-corrected chi connectivity index (χ3v) is 7.52. The van der Waals surface area contributed by atoms with Gasteiger partial charge in [-0.1, -0.05) is 30.3 Å². The Labute approximate surface area is 194 Å². The monoisotopic (exact) mass is 465 g/mol. The Hall–Kier alpha value is -3.30. The number of sulfonamides is 1. The molecule has 0 spiro atoms. The van der Waals surface area contributed by atoms with E-state index in [0.29, 0.717) is 18.2 Å². The first-order valence-electron chi connectivity index (χ1n) is 10.9. The smallest absolute Gasteiger partial charge is 0.243 e. The summed E-state index contributed by atoms with van der Waals surface area (Å²) in [4.78, 5) is 23.6. The van der Waals surface area contributed by atoms with Crippen LogP contribution in [0.4, 0.5) is 11.6 Å². The number of aromatic nitrogens is 2. The fourth-order valence-electron chi connectivity index (χ4n) is 3.89. The lowest BCUT2D eigenvalue weighted by atomic mass is 9.97. The second kappa shape index (κ2) is 10.1. The van der Waals surface area contributed by atoms with Gasteiger partial charge in [0, 0.05) is 44.8 Å². The van der Waals surface area contributed by atoms with Crippen molar-refractivity contribution >= 4 is 27.6 Å². The van der Waals surface area contributed by atoms with E-state index in [1.807, 2.05) is 35.2 Å². The van der Waals surface area contributed by atoms with Gasteiger partial charge < -0.3 is 10.2 Å². The van der Waals surface area contributed by atoms with Crippen molar-refractivity contribution in [3.63, 3.8) is 0 Å². The summed E-state index contributed by atoms with van der Waals surface area (Å²) >= 11 is 0. The molecule has 9 heteroatoms. The molecular formula is C24H27N5O3S. The van der Waals surface area contributed by atoms with Crippen molar-refractivity contribution in [3.05, 3.63) is 78.6 Å². The fraction of sp³-hybridized carbons (Fsp3) is 0.292. The highest BCUT2D eigenvalue weighted by Crippen LogP contribution is 2.23. The van der Waals surface area contributed by atoms with Crippen molar-refractivity contribution < 1.29 is 13.2 Å². The van der Waals surface area contributed by atoms with Crippen molar-refractivity contribution in [2.24, 2.45) is 5.92 Å². The summed E-state index contributed by atoms with van der Waals surface area (Å²) in [6.45, 7) is 1.65. The standard InChI is InChI=1S/C24H27N5O3S/c1-28(17-19-7-3-2-4-8-19)33(31,32)22-12-10-21(11-13-22)27-23(30)20-9-5-16-29(18-20)24-25-14-6-15-26-24/h2-4,6-8,10-15,20H,5,9,16-18H2,1H3,(H,27,30)/t20-/m1/s1. The van der Waals surface area contributed by atoms with Gasteiger partial charge in [0.1, 0.15) is 0 Å². The predicted molar refractivity (Wildman–Crippen MR) is 127 cm³/mol. The predicted octanol–water partition coefficient (Wildman–Crippen LogP) is 3.15. The molecular weight excluding hydrogens is 438 g/mol. The third kappa shape index (κ3) is 5.55. The van der Waals surface area contributed by atoms with Gasteiger partial charge in [-0.2, -0.15) is 4.31 Å². The number of piperidine rings is 1. The molecule has 0 aliphatic carbocycles. The molecule has 1 saturated heterocycles. The number of amides is 1. The molecule has 0 unspecified atom stereocenters. The van der Waals surface area contributed by atoms with Gasteiger partial charge in [0.2, 0.25) is 21.9 Å². The summed E-state index contributed by atoms with van der Waals surface area (Å²) in [5, 5.41) is 2.92. The van der Waals surface area contributed by atoms with E-state index < -0.39 is 10.0 Å². The van der Waals surface area contributed by atoms with Gasteiger partial charge in [-0.3, -0.25) is 4.79 Å². The molecule has 1 N–H and O–H groups in total. The molecule has 33 heavy (non-hydrogen) atoms. The summed E-state index contributed by atoms with van der Waals surface area (Å²) in [7, 11) is -2.08. The first-order chi connectivity index (χ1) is 15.9. The molecule has 1 atom stereocenters. The molecule has 1 aromatic heterocycles. The first-order valence-corrected chi connectivity index (χ1v) is 12.3. The van der Waals surface area contributed by atoms with E-state index in [0.717, 1.165) is 24.9 Å². The summed E-state index contributed by atoms with van der Waals surface area (Å²) < 4.78 is 27.1. The molecule has 4 rings (SSSR count). The van der Waals surface area contributed by atoms with Gasteiger partial charge in [-0.25, -0.2) is 18.4 Å². The number of carbonyl (C=O) groups is 1. The van der Waals surface area contributed by atoms with Crippen molar-refractivity contribution in [1.82, 2.24) is 14.3 Å². The number of carbonyl (C=O) groups excluding carboxylic acids is 1. The van der Waals surface area contributed by atoms with Crippen LogP contribution in [0.15, 0.2) is 78.0 Å². The van der Waals surface area contributed by atoms with Gasteiger partial charge in [-0.05, 0) is 48.7 Å². The van der Waals surface area contributed by atoms with Crippen LogP contribution in [0.5, 0.6) is 0 Å². The van der Waals surface area contributed by atoms with Crippen LogP contribution in [0.25, 0.3) is 0 Å². The second-order valence-electron chi connectivity index (χ2n) is 8.09. The van der Waals surface area contributed by atoms with Crippen LogP contribution in [0.3, 0.4) is 0 Å². The Morgan fingerprint density at radius 2 is 1.76 bits per heavy atom. The molecule has 1 aliphatic heterocycles. The Bertz CT molecular complexity index is 1170. The molecule has 8 nitrogen and oxygen atoms in total. The molecule has 1 fully saturated rings. The van der Waals surface area contributed by atoms with Gasteiger partial charge in [0.15, 0.2) is 0 Å². The number of anilines is 2. The van der Waals surface area contributed by atoms with Gasteiger partial charge >= 0.3 is 0 Å². The Morgan fingerprint density at radius 3 is 2.45 bits per heavy atom. The lowest BCUT2D eigenvalue weighted by Crippen LogP contribution is -2.41. The van der Waals surface area contributed by atoms with E-state index in [1.54, 1.807) is 37.6 Å². The maximum Gasteiger partial charge on any atom is 0.243 e. The largest absolute Gasteiger partial charge is 0.340 e. The molecule has 0 bridgehead atoms. The summed E-state index contributed by atoms with van der Waals surface area (Å²) in [6.07, 6.45) is 5.05. The topological polar surface area (TPSA) is 95.5 Å². The van der Waals surface area contributed by atoms with Crippen molar-refractivity contribution in [3.8, 4) is 0 Å². The summed E-state index contributed by atoms with van der Waals surface area (Å²) in [5.41, 5.74) is 1.48. The van der Waals surface area contributed by atoms with Crippen molar-refractivity contribution in [1.29, 1.82) is 0 Å². The van der Waals surface area contributed by atoms with Crippen molar-refractivity contribution in [2.75, 3.05) is 30.4 Å². The van der Waals surface area contributed by atoms with Crippen LogP contribution in [0, 0.1) is 5.92 Å². The van der Waals surface area contributed by atoms with Crippen LogP contribution in [-0.2, 0) is 21.4 Å². The number of nitrogens with zero attached hydrogens (tertiary/aromatic N) is 4. The first kappa shape index (κ1) is 22.9.